The SMILES string of the molecule is CC(=O)NCCC(O)C(O)c1ccc2c(c1)Cc1ccccc1-2. The molecule has 0 radical (unpaired) electrons. The molecule has 0 aromatic heterocycles. The first-order valence-electron chi connectivity index (χ1n) is 7.88. The summed E-state index contributed by atoms with van der Waals surface area (Å²) in [5.41, 5.74) is 5.63. The Kier molecular flexibility index (Phi) is 4.46. The zero-order valence-electron chi connectivity index (χ0n) is 13.1. The second-order valence-corrected chi connectivity index (χ2v) is 6.03. The molecule has 23 heavy (non-hydrogen) atoms. The van der Waals surface area contributed by atoms with Crippen molar-refractivity contribution in [2.24, 2.45) is 0 Å². The van der Waals surface area contributed by atoms with Crippen molar-refractivity contribution >= 4 is 5.91 Å². The topological polar surface area (TPSA) is 69.6 Å². The fourth-order valence-corrected chi connectivity index (χ4v) is 3.13. The van der Waals surface area contributed by atoms with Crippen molar-refractivity contribution in [3.63, 3.8) is 0 Å². The van der Waals surface area contributed by atoms with E-state index in [9.17, 15) is 15.0 Å². The molecule has 0 bridgehead atoms. The fraction of sp³-hybridized carbons (Fsp3) is 0.316. The van der Waals surface area contributed by atoms with Crippen molar-refractivity contribution in [2.75, 3.05) is 6.54 Å². The van der Waals surface area contributed by atoms with Crippen LogP contribution in [0.15, 0.2) is 42.5 Å². The molecule has 0 saturated heterocycles. The van der Waals surface area contributed by atoms with Crippen molar-refractivity contribution in [3.05, 3.63) is 59.2 Å². The number of carbonyl (C=O) groups excluding carboxylic acids is 1. The lowest BCUT2D eigenvalue weighted by Gasteiger charge is -2.19. The largest absolute Gasteiger partial charge is 0.390 e. The Hall–Kier alpha value is -2.17. The number of amides is 1. The summed E-state index contributed by atoms with van der Waals surface area (Å²) in [6.07, 6.45) is -0.673. The second kappa shape index (κ2) is 6.52. The summed E-state index contributed by atoms with van der Waals surface area (Å²) in [5.74, 6) is -0.137. The maximum atomic E-state index is 10.8. The third-order valence-corrected chi connectivity index (χ3v) is 4.34. The van der Waals surface area contributed by atoms with Gasteiger partial charge in [0.15, 0.2) is 0 Å². The first kappa shape index (κ1) is 15.7. The summed E-state index contributed by atoms with van der Waals surface area (Å²) in [6, 6.07) is 14.1. The van der Waals surface area contributed by atoms with E-state index < -0.39 is 12.2 Å². The average molecular weight is 311 g/mol. The number of aliphatic hydroxyl groups excluding tert-OH is 2. The van der Waals surface area contributed by atoms with Crippen molar-refractivity contribution in [1.82, 2.24) is 5.32 Å². The molecule has 2 atom stereocenters. The Morgan fingerprint density at radius 1 is 1.13 bits per heavy atom. The Morgan fingerprint density at radius 2 is 1.87 bits per heavy atom. The van der Waals surface area contributed by atoms with Crippen molar-refractivity contribution < 1.29 is 15.0 Å². The third-order valence-electron chi connectivity index (χ3n) is 4.34. The van der Waals surface area contributed by atoms with E-state index >= 15 is 0 Å². The Labute approximate surface area is 135 Å². The molecule has 1 aliphatic carbocycles. The summed E-state index contributed by atoms with van der Waals surface area (Å²) >= 11 is 0. The molecule has 0 saturated carbocycles. The van der Waals surface area contributed by atoms with Crippen LogP contribution in [0.25, 0.3) is 11.1 Å². The fourth-order valence-electron chi connectivity index (χ4n) is 3.13. The van der Waals surface area contributed by atoms with E-state index in [-0.39, 0.29) is 5.91 Å². The average Bonchev–Trinajstić information content (AvgIpc) is 2.91. The third kappa shape index (κ3) is 3.28. The minimum absolute atomic E-state index is 0.137. The maximum absolute atomic E-state index is 10.8. The van der Waals surface area contributed by atoms with Crippen LogP contribution in [0.4, 0.5) is 0 Å². The van der Waals surface area contributed by atoms with E-state index in [1.165, 1.54) is 29.2 Å². The number of fused-ring (bicyclic) bond motifs is 3. The van der Waals surface area contributed by atoms with Crippen LogP contribution in [0.1, 0.15) is 36.1 Å². The van der Waals surface area contributed by atoms with Gasteiger partial charge in [0, 0.05) is 13.5 Å². The first-order chi connectivity index (χ1) is 11.1. The summed E-state index contributed by atoms with van der Waals surface area (Å²) in [5, 5.41) is 23.1. The van der Waals surface area contributed by atoms with Gasteiger partial charge in [0.25, 0.3) is 0 Å². The van der Waals surface area contributed by atoms with Gasteiger partial charge in [0.05, 0.1) is 6.10 Å². The zero-order chi connectivity index (χ0) is 16.4. The van der Waals surface area contributed by atoms with Gasteiger partial charge in [-0.15, -0.1) is 0 Å². The highest BCUT2D eigenvalue weighted by Crippen LogP contribution is 2.37. The van der Waals surface area contributed by atoms with Crippen LogP contribution in [0.2, 0.25) is 0 Å². The molecule has 2 aromatic rings. The summed E-state index contributed by atoms with van der Waals surface area (Å²) in [6.45, 7) is 1.78. The smallest absolute Gasteiger partial charge is 0.216 e. The maximum Gasteiger partial charge on any atom is 0.216 e. The van der Waals surface area contributed by atoms with Gasteiger partial charge in [-0.2, -0.15) is 0 Å². The molecule has 0 fully saturated rings. The molecule has 2 unspecified atom stereocenters. The molecule has 1 amide bonds. The van der Waals surface area contributed by atoms with Gasteiger partial charge in [-0.1, -0.05) is 42.5 Å². The number of rotatable bonds is 5. The molecule has 120 valence electrons. The molecular weight excluding hydrogens is 290 g/mol. The number of nitrogens with one attached hydrogen (secondary N) is 1. The molecular formula is C19H21NO3. The predicted octanol–water partition coefficient (Wildman–Crippen LogP) is 2.18. The van der Waals surface area contributed by atoms with Crippen LogP contribution in [-0.2, 0) is 11.2 Å². The summed E-state index contributed by atoms with van der Waals surface area (Å²) < 4.78 is 0. The highest BCUT2D eigenvalue weighted by Gasteiger charge is 2.22. The molecule has 1 aliphatic rings. The second-order valence-electron chi connectivity index (χ2n) is 6.03. The van der Waals surface area contributed by atoms with Gasteiger partial charge >= 0.3 is 0 Å². The number of hydrogen-bond donors (Lipinski definition) is 3. The Bertz CT molecular complexity index is 726. The van der Waals surface area contributed by atoms with E-state index in [1.807, 2.05) is 30.3 Å². The van der Waals surface area contributed by atoms with Crippen LogP contribution >= 0.6 is 0 Å². The molecule has 4 nitrogen and oxygen atoms in total. The Morgan fingerprint density at radius 3 is 2.65 bits per heavy atom. The number of carbonyl (C=O) groups is 1. The first-order valence-corrected chi connectivity index (χ1v) is 7.88. The van der Waals surface area contributed by atoms with Gasteiger partial charge in [-0.25, -0.2) is 0 Å². The highest BCUT2D eigenvalue weighted by molar-refractivity contribution is 5.77. The number of hydrogen-bond acceptors (Lipinski definition) is 3. The quantitative estimate of drug-likeness (QED) is 0.676. The predicted molar refractivity (Wildman–Crippen MR) is 89.0 cm³/mol. The molecule has 3 rings (SSSR count). The van der Waals surface area contributed by atoms with E-state index in [2.05, 4.69) is 17.4 Å². The van der Waals surface area contributed by atoms with Gasteiger partial charge < -0.3 is 15.5 Å². The van der Waals surface area contributed by atoms with Crippen molar-refractivity contribution in [2.45, 2.75) is 32.0 Å². The lowest BCUT2D eigenvalue weighted by molar-refractivity contribution is -0.119. The molecule has 0 spiro atoms. The van der Waals surface area contributed by atoms with Gasteiger partial charge in [0.1, 0.15) is 6.10 Å². The van der Waals surface area contributed by atoms with E-state index in [1.54, 1.807) is 0 Å². The summed E-state index contributed by atoms with van der Waals surface area (Å²) in [4.78, 5) is 10.8. The van der Waals surface area contributed by atoms with E-state index in [0.29, 0.717) is 18.5 Å². The Balaban J connectivity index is 1.73. The molecule has 0 heterocycles. The lowest BCUT2D eigenvalue weighted by atomic mass is 9.97. The van der Waals surface area contributed by atoms with E-state index in [0.717, 1.165) is 6.42 Å². The molecule has 4 heteroatoms. The van der Waals surface area contributed by atoms with Gasteiger partial charge in [-0.05, 0) is 40.7 Å². The highest BCUT2D eigenvalue weighted by atomic mass is 16.3. The molecule has 2 aromatic carbocycles. The number of aliphatic hydroxyl groups is 2. The van der Waals surface area contributed by atoms with Crippen LogP contribution in [0, 0.1) is 0 Å². The minimum Gasteiger partial charge on any atom is -0.390 e. The van der Waals surface area contributed by atoms with Gasteiger partial charge in [0.2, 0.25) is 5.91 Å². The van der Waals surface area contributed by atoms with Crippen LogP contribution < -0.4 is 5.32 Å². The lowest BCUT2D eigenvalue weighted by Crippen LogP contribution is -2.27. The van der Waals surface area contributed by atoms with E-state index in [4.69, 9.17) is 0 Å². The van der Waals surface area contributed by atoms with Crippen molar-refractivity contribution in [1.29, 1.82) is 0 Å². The standard InChI is InChI=1S/C19H21NO3/c1-12(21)20-9-8-18(22)19(23)14-6-7-17-15(11-14)10-13-4-2-3-5-16(13)17/h2-7,11,18-19,22-23H,8-10H2,1H3,(H,20,21). The normalized spacial score (nSPS) is 14.7. The summed E-state index contributed by atoms with van der Waals surface area (Å²) in [7, 11) is 0. The van der Waals surface area contributed by atoms with Crippen LogP contribution in [0.5, 0.6) is 0 Å². The van der Waals surface area contributed by atoms with Crippen LogP contribution in [0.3, 0.4) is 0 Å². The van der Waals surface area contributed by atoms with Crippen LogP contribution in [-0.4, -0.2) is 28.8 Å². The van der Waals surface area contributed by atoms with Gasteiger partial charge in [-0.3, -0.25) is 4.79 Å². The molecule has 0 aliphatic heterocycles. The monoisotopic (exact) mass is 311 g/mol. The number of benzene rings is 2. The zero-order valence-corrected chi connectivity index (χ0v) is 13.1. The minimum atomic E-state index is -0.947. The van der Waals surface area contributed by atoms with Crippen molar-refractivity contribution in [3.8, 4) is 11.1 Å². The molecule has 3 N–H and O–H groups in total.